The Labute approximate surface area is 111 Å². The third-order valence-electron chi connectivity index (χ3n) is 1.65. The van der Waals surface area contributed by atoms with E-state index in [0.717, 1.165) is 0 Å². The van der Waals surface area contributed by atoms with Crippen LogP contribution in [0.4, 0.5) is 0 Å². The van der Waals surface area contributed by atoms with Gasteiger partial charge in [0.15, 0.2) is 0 Å². The Morgan fingerprint density at radius 2 is 1.88 bits per heavy atom. The summed E-state index contributed by atoms with van der Waals surface area (Å²) in [6, 6.07) is 3.18. The molecule has 0 unspecified atom stereocenters. The van der Waals surface area contributed by atoms with Crippen LogP contribution in [0.2, 0.25) is 0 Å². The van der Waals surface area contributed by atoms with Gasteiger partial charge in [-0.25, -0.2) is 4.79 Å². The molecule has 1 aromatic carbocycles. The largest absolute Gasteiger partial charge is 0.506 e. The minimum Gasteiger partial charge on any atom is -0.506 e. The minimum absolute atomic E-state index is 0.113. The molecule has 16 heavy (non-hydrogen) atoms. The average molecular weight is 352 g/mol. The molecule has 5 heteroatoms. The van der Waals surface area contributed by atoms with E-state index in [0.29, 0.717) is 8.95 Å². The molecule has 1 N–H and O–H groups in total. The number of aromatic hydroxyl groups is 1. The molecule has 0 fully saturated rings. The first-order valence-electron chi connectivity index (χ1n) is 4.62. The summed E-state index contributed by atoms with van der Waals surface area (Å²) in [5.74, 6) is -0.663. The summed E-state index contributed by atoms with van der Waals surface area (Å²) in [7, 11) is 0. The van der Waals surface area contributed by atoms with E-state index in [2.05, 4.69) is 31.9 Å². The summed E-state index contributed by atoms with van der Waals surface area (Å²) >= 11 is 6.40. The van der Waals surface area contributed by atoms with Crippen LogP contribution >= 0.6 is 31.9 Å². The second kappa shape index (κ2) is 4.75. The first-order chi connectivity index (χ1) is 7.20. The zero-order chi connectivity index (χ0) is 12.5. The highest BCUT2D eigenvalue weighted by molar-refractivity contribution is 9.11. The van der Waals surface area contributed by atoms with Crippen molar-refractivity contribution in [3.8, 4) is 5.75 Å². The number of phenols is 1. The van der Waals surface area contributed by atoms with Gasteiger partial charge in [0.2, 0.25) is 0 Å². The normalized spacial score (nSPS) is 11.3. The van der Waals surface area contributed by atoms with Crippen LogP contribution in [0, 0.1) is 0 Å². The fraction of sp³-hybridized carbons (Fsp3) is 0.364. The molecule has 0 atom stereocenters. The molecule has 0 aliphatic carbocycles. The third-order valence-corrected chi connectivity index (χ3v) is 2.71. The van der Waals surface area contributed by atoms with Crippen molar-refractivity contribution in [3.05, 3.63) is 26.6 Å². The van der Waals surface area contributed by atoms with E-state index in [-0.39, 0.29) is 11.3 Å². The van der Waals surface area contributed by atoms with Gasteiger partial charge < -0.3 is 9.84 Å². The first kappa shape index (κ1) is 13.5. The van der Waals surface area contributed by atoms with E-state index >= 15 is 0 Å². The SMILES string of the molecule is CC(C)(C)OC(=O)c1cc(Br)cc(Br)c1O. The number of hydrogen-bond acceptors (Lipinski definition) is 3. The van der Waals surface area contributed by atoms with Gasteiger partial charge >= 0.3 is 5.97 Å². The van der Waals surface area contributed by atoms with Crippen LogP contribution in [0.5, 0.6) is 5.75 Å². The lowest BCUT2D eigenvalue weighted by Crippen LogP contribution is -2.24. The molecule has 1 aromatic rings. The van der Waals surface area contributed by atoms with Crippen LogP contribution in [0.1, 0.15) is 31.1 Å². The number of hydrogen-bond donors (Lipinski definition) is 1. The molecule has 0 saturated heterocycles. The Morgan fingerprint density at radius 1 is 1.31 bits per heavy atom. The topological polar surface area (TPSA) is 46.5 Å². The van der Waals surface area contributed by atoms with E-state index in [1.54, 1.807) is 26.8 Å². The van der Waals surface area contributed by atoms with Crippen molar-refractivity contribution < 1.29 is 14.6 Å². The fourth-order valence-corrected chi connectivity index (χ4v) is 2.28. The lowest BCUT2D eigenvalue weighted by atomic mass is 10.1. The first-order valence-corrected chi connectivity index (χ1v) is 6.20. The number of esters is 1. The van der Waals surface area contributed by atoms with Crippen LogP contribution in [-0.4, -0.2) is 16.7 Å². The van der Waals surface area contributed by atoms with Crippen LogP contribution in [0.3, 0.4) is 0 Å². The van der Waals surface area contributed by atoms with E-state index < -0.39 is 11.6 Å². The summed E-state index contributed by atoms with van der Waals surface area (Å²) in [5, 5.41) is 9.72. The second-order valence-corrected chi connectivity index (χ2v) is 6.06. The van der Waals surface area contributed by atoms with Gasteiger partial charge in [-0.2, -0.15) is 0 Å². The average Bonchev–Trinajstić information content (AvgIpc) is 2.08. The molecule has 0 aliphatic heterocycles. The molecular weight excluding hydrogens is 340 g/mol. The summed E-state index contributed by atoms with van der Waals surface area (Å²) in [4.78, 5) is 11.8. The molecule has 0 aromatic heterocycles. The lowest BCUT2D eigenvalue weighted by Gasteiger charge is -2.20. The summed E-state index contributed by atoms with van der Waals surface area (Å²) in [6.07, 6.45) is 0. The van der Waals surface area contributed by atoms with E-state index in [1.165, 1.54) is 6.07 Å². The number of rotatable bonds is 1. The van der Waals surface area contributed by atoms with Gasteiger partial charge in [0, 0.05) is 4.47 Å². The van der Waals surface area contributed by atoms with Crippen LogP contribution in [-0.2, 0) is 4.74 Å². The quantitative estimate of drug-likeness (QED) is 0.781. The van der Waals surface area contributed by atoms with Gasteiger partial charge in [-0.1, -0.05) is 15.9 Å². The lowest BCUT2D eigenvalue weighted by molar-refractivity contribution is 0.00666. The Morgan fingerprint density at radius 3 is 2.38 bits per heavy atom. The van der Waals surface area contributed by atoms with Crippen molar-refractivity contribution in [3.63, 3.8) is 0 Å². The van der Waals surface area contributed by atoms with Gasteiger partial charge in [-0.15, -0.1) is 0 Å². The van der Waals surface area contributed by atoms with E-state index in [4.69, 9.17) is 4.74 Å². The highest BCUT2D eigenvalue weighted by Gasteiger charge is 2.22. The van der Waals surface area contributed by atoms with Gasteiger partial charge in [0.25, 0.3) is 0 Å². The maximum atomic E-state index is 11.8. The highest BCUT2D eigenvalue weighted by atomic mass is 79.9. The molecule has 0 saturated carbocycles. The molecule has 0 heterocycles. The maximum Gasteiger partial charge on any atom is 0.342 e. The monoisotopic (exact) mass is 350 g/mol. The highest BCUT2D eigenvalue weighted by Crippen LogP contribution is 2.32. The van der Waals surface area contributed by atoms with Crippen molar-refractivity contribution in [1.29, 1.82) is 0 Å². The predicted molar refractivity (Wildman–Crippen MR) is 68.7 cm³/mol. The Balaban J connectivity index is 3.09. The van der Waals surface area contributed by atoms with Crippen molar-refractivity contribution in [2.45, 2.75) is 26.4 Å². The smallest absolute Gasteiger partial charge is 0.342 e. The molecule has 88 valence electrons. The van der Waals surface area contributed by atoms with Crippen LogP contribution in [0.25, 0.3) is 0 Å². The molecule has 3 nitrogen and oxygen atoms in total. The number of carbonyl (C=O) groups is 1. The number of carbonyl (C=O) groups excluding carboxylic acids is 1. The third kappa shape index (κ3) is 3.49. The zero-order valence-corrected chi connectivity index (χ0v) is 12.3. The molecule has 0 spiro atoms. The maximum absolute atomic E-state index is 11.8. The van der Waals surface area contributed by atoms with Crippen LogP contribution < -0.4 is 0 Å². The number of ether oxygens (including phenoxy) is 1. The minimum atomic E-state index is -0.585. The standard InChI is InChI=1S/C11H12Br2O3/c1-11(2,3)16-10(15)7-4-6(12)5-8(13)9(7)14/h4-5,14H,1-3H3. The fourth-order valence-electron chi connectivity index (χ4n) is 1.05. The zero-order valence-electron chi connectivity index (χ0n) is 9.17. The van der Waals surface area contributed by atoms with E-state index in [9.17, 15) is 9.90 Å². The summed E-state index contributed by atoms with van der Waals surface area (Å²) in [5.41, 5.74) is -0.450. The summed E-state index contributed by atoms with van der Waals surface area (Å²) < 4.78 is 6.31. The number of halogens is 2. The van der Waals surface area contributed by atoms with Crippen molar-refractivity contribution in [2.24, 2.45) is 0 Å². The Kier molecular flexibility index (Phi) is 4.02. The molecular formula is C11H12Br2O3. The van der Waals surface area contributed by atoms with Crippen molar-refractivity contribution in [2.75, 3.05) is 0 Å². The van der Waals surface area contributed by atoms with Crippen molar-refractivity contribution >= 4 is 37.8 Å². The van der Waals surface area contributed by atoms with Gasteiger partial charge in [0.05, 0.1) is 4.47 Å². The molecule has 0 amide bonds. The molecule has 0 radical (unpaired) electrons. The Hall–Kier alpha value is -0.550. The van der Waals surface area contributed by atoms with Crippen molar-refractivity contribution in [1.82, 2.24) is 0 Å². The summed E-state index contributed by atoms with van der Waals surface area (Å²) in [6.45, 7) is 5.32. The predicted octanol–water partition coefficient (Wildman–Crippen LogP) is 3.87. The second-order valence-electron chi connectivity index (χ2n) is 4.29. The van der Waals surface area contributed by atoms with Gasteiger partial charge in [0.1, 0.15) is 16.9 Å². The van der Waals surface area contributed by atoms with Gasteiger partial charge in [-0.05, 0) is 48.8 Å². The number of benzene rings is 1. The number of phenolic OH excluding ortho intramolecular Hbond substituents is 1. The molecule has 0 aliphatic rings. The molecule has 0 bridgehead atoms. The molecule has 1 rings (SSSR count). The van der Waals surface area contributed by atoms with Crippen LogP contribution in [0.15, 0.2) is 21.1 Å². The van der Waals surface area contributed by atoms with Gasteiger partial charge in [-0.3, -0.25) is 0 Å². The Bertz CT molecular complexity index is 422. The van der Waals surface area contributed by atoms with E-state index in [1.807, 2.05) is 0 Å².